The van der Waals surface area contributed by atoms with Crippen LogP contribution in [0.3, 0.4) is 0 Å². The number of amides is 2. The number of hydrogen-bond donors (Lipinski definition) is 0. The second kappa shape index (κ2) is 11.3. The second-order valence-electron chi connectivity index (χ2n) is 7.42. The fourth-order valence-electron chi connectivity index (χ4n) is 2.96. The first kappa shape index (κ1) is 34.7. The number of alkyl halides is 6. The van der Waals surface area contributed by atoms with Crippen molar-refractivity contribution < 1.29 is 72.5 Å². The third kappa shape index (κ3) is 6.13. The van der Waals surface area contributed by atoms with E-state index in [9.17, 15) is 93.2 Å². The molecule has 238 valence electrons. The van der Waals surface area contributed by atoms with Gasteiger partial charge < -0.3 is 0 Å². The van der Waals surface area contributed by atoms with Gasteiger partial charge in [0.2, 0.25) is 0 Å². The summed E-state index contributed by atoms with van der Waals surface area (Å²) in [5.74, 6) is -7.03. The van der Waals surface area contributed by atoms with Crippen molar-refractivity contribution in [2.45, 2.75) is 11.0 Å². The van der Waals surface area contributed by atoms with Gasteiger partial charge >= 0.3 is 54.3 Å². The van der Waals surface area contributed by atoms with Gasteiger partial charge in [-0.25, -0.2) is 0 Å². The highest BCUT2D eigenvalue weighted by Crippen LogP contribution is 2.41. The fraction of sp³-hybridized carbons (Fsp3) is 0.125. The van der Waals surface area contributed by atoms with E-state index < -0.39 is 105 Å². The number of non-ortho nitro benzene ring substituents is 2. The molecule has 20 nitrogen and oxygen atoms in total. The van der Waals surface area contributed by atoms with E-state index in [-0.39, 0.29) is 36.4 Å². The van der Waals surface area contributed by atoms with E-state index in [1.807, 2.05) is 0 Å². The van der Waals surface area contributed by atoms with E-state index in [1.54, 1.807) is 0 Å². The Kier molecular flexibility index (Phi) is 8.88. The van der Waals surface area contributed by atoms with E-state index in [1.165, 1.54) is 0 Å². The van der Waals surface area contributed by atoms with Crippen LogP contribution in [0.5, 0.6) is 0 Å². The molecule has 2 rings (SSSR count). The van der Waals surface area contributed by atoms with Crippen LogP contribution in [0, 0.1) is 40.5 Å². The molecule has 0 heterocycles. The highest BCUT2D eigenvalue weighted by Gasteiger charge is 2.59. The third-order valence-electron chi connectivity index (χ3n) is 4.79. The Morgan fingerprint density at radius 3 is 1.05 bits per heavy atom. The van der Waals surface area contributed by atoms with Crippen LogP contribution in [-0.4, -0.2) is 59.4 Å². The first-order valence-electron chi connectivity index (χ1n) is 9.96. The summed E-state index contributed by atoms with van der Waals surface area (Å²) in [5, 5.41) is 44.7. The average molecular weight is 684 g/mol. The smallest absolute Gasteiger partial charge is 0.262 e. The molecule has 0 spiro atoms. The van der Waals surface area contributed by atoms with Crippen LogP contribution < -0.4 is 8.61 Å². The highest BCUT2D eigenvalue weighted by atomic mass is 32.2. The molecule has 0 fully saturated rings. The number of carbonyl (C=O) groups excluding carboxylic acids is 2. The molecule has 0 aliphatic carbocycles. The minimum absolute atomic E-state index is 0.0321. The van der Waals surface area contributed by atoms with Gasteiger partial charge in [0.1, 0.15) is 11.4 Å². The molecule has 2 aromatic carbocycles. The zero-order valence-corrected chi connectivity index (χ0v) is 21.6. The van der Waals surface area contributed by atoms with Gasteiger partial charge in [-0.3, -0.25) is 50.0 Å². The Morgan fingerprint density at radius 1 is 0.568 bits per heavy atom. The van der Waals surface area contributed by atoms with Crippen LogP contribution in [0.4, 0.5) is 60.5 Å². The average Bonchev–Trinajstić information content (AvgIpc) is 2.86. The van der Waals surface area contributed by atoms with Crippen molar-refractivity contribution in [3.05, 3.63) is 76.9 Å². The summed E-state index contributed by atoms with van der Waals surface area (Å²) in [5.41, 5.74) is -24.7. The van der Waals surface area contributed by atoms with Crippen molar-refractivity contribution in [2.24, 2.45) is 0 Å². The molecule has 0 bridgehead atoms. The van der Waals surface area contributed by atoms with E-state index in [2.05, 4.69) is 0 Å². The fourth-order valence-corrected chi connectivity index (χ4v) is 4.80. The molecule has 0 aliphatic rings. The first-order valence-corrected chi connectivity index (χ1v) is 12.8. The number of anilines is 2. The summed E-state index contributed by atoms with van der Waals surface area (Å²) >= 11 is 0. The predicted molar refractivity (Wildman–Crippen MR) is 124 cm³/mol. The maximum absolute atomic E-state index is 13.5. The Hall–Kier alpha value is -5.54. The Morgan fingerprint density at radius 2 is 0.841 bits per heavy atom. The van der Waals surface area contributed by atoms with Crippen LogP contribution in [-0.2, 0) is 29.6 Å². The first-order chi connectivity index (χ1) is 19.8. The van der Waals surface area contributed by atoms with Crippen LogP contribution in [0.1, 0.15) is 0 Å². The normalized spacial score (nSPS) is 12.2. The summed E-state index contributed by atoms with van der Waals surface area (Å²) in [4.78, 5) is 64.1. The minimum atomic E-state index is -7.50. The number of nitro benzene ring substituents is 4. The number of rotatable bonds is 8. The monoisotopic (exact) mass is 684 g/mol. The molecule has 28 heteroatoms. The lowest BCUT2D eigenvalue weighted by Gasteiger charge is -2.26. The number of hydrogen-bond acceptors (Lipinski definition) is 14. The van der Waals surface area contributed by atoms with Crippen LogP contribution in [0.25, 0.3) is 0 Å². The quantitative estimate of drug-likeness (QED) is 0.167. The molecule has 2 amide bonds. The molecule has 0 radical (unpaired) electrons. The van der Waals surface area contributed by atoms with E-state index in [4.69, 9.17) is 0 Å². The van der Waals surface area contributed by atoms with Crippen LogP contribution >= 0.6 is 0 Å². The largest absolute Gasteiger partial charge is 0.517 e. The van der Waals surface area contributed by atoms with Gasteiger partial charge in [-0.05, 0) is 12.1 Å². The van der Waals surface area contributed by atoms with Crippen molar-refractivity contribution in [3.8, 4) is 0 Å². The van der Waals surface area contributed by atoms with Gasteiger partial charge in [-0.15, -0.1) is 0 Å². The highest BCUT2D eigenvalue weighted by molar-refractivity contribution is 7.95. The number of benzene rings is 2. The Labute approximate surface area is 235 Å². The predicted octanol–water partition coefficient (Wildman–Crippen LogP) is 2.38. The molecule has 0 unspecified atom stereocenters. The van der Waals surface area contributed by atoms with Gasteiger partial charge in [-0.1, -0.05) is 0 Å². The van der Waals surface area contributed by atoms with Gasteiger partial charge in [0, 0.05) is 12.1 Å². The molecule has 0 N–H and O–H groups in total. The molecule has 2 aromatic rings. The number of sulfonamides is 2. The van der Waals surface area contributed by atoms with Crippen LogP contribution in [0.2, 0.25) is 0 Å². The number of nitro groups is 4. The van der Waals surface area contributed by atoms with Crippen molar-refractivity contribution in [2.75, 3.05) is 8.61 Å². The molecule has 44 heavy (non-hydrogen) atoms. The molecule has 0 aromatic heterocycles. The summed E-state index contributed by atoms with van der Waals surface area (Å²) in [6.07, 6.45) is 0. The van der Waals surface area contributed by atoms with Gasteiger partial charge in [0.25, 0.3) is 11.4 Å². The molecule has 0 atom stereocenters. The van der Waals surface area contributed by atoms with E-state index >= 15 is 0 Å². The van der Waals surface area contributed by atoms with Crippen LogP contribution in [0.15, 0.2) is 36.4 Å². The Balaban J connectivity index is 3.08. The molecule has 0 aliphatic heterocycles. The lowest BCUT2D eigenvalue weighted by molar-refractivity contribution is -0.393. The number of halogens is 6. The summed E-state index contributed by atoms with van der Waals surface area (Å²) in [7, 11) is -15.0. The topological polar surface area (TPSA) is 281 Å². The van der Waals surface area contributed by atoms with Gasteiger partial charge in [0.05, 0.1) is 31.8 Å². The van der Waals surface area contributed by atoms with Crippen molar-refractivity contribution >= 4 is 66.0 Å². The van der Waals surface area contributed by atoms with Gasteiger partial charge in [0.15, 0.2) is 0 Å². The lowest BCUT2D eigenvalue weighted by atomic mass is 10.2. The molecule has 0 saturated heterocycles. The van der Waals surface area contributed by atoms with E-state index in [0.29, 0.717) is 0 Å². The zero-order valence-electron chi connectivity index (χ0n) is 19.9. The summed E-state index contributed by atoms with van der Waals surface area (Å²) < 4.78 is 127. The second-order valence-corrected chi connectivity index (χ2v) is 11.0. The third-order valence-corrected chi connectivity index (χ3v) is 7.64. The van der Waals surface area contributed by atoms with E-state index in [0.717, 1.165) is 0 Å². The van der Waals surface area contributed by atoms with Crippen molar-refractivity contribution in [3.63, 3.8) is 0 Å². The number of carbonyl (C=O) groups is 2. The van der Waals surface area contributed by atoms with Crippen molar-refractivity contribution in [1.82, 2.24) is 0 Å². The maximum Gasteiger partial charge on any atom is 0.517 e. The standard InChI is InChI=1S/C16H6F6N6O14S2/c17-15(18,19)43(39,40)23(9-3-1-7(25(31)32)5-11(9)27(35)36)13(29)14(30)24(44(41,42)16(20,21)22)10-4-2-8(26(33)34)6-12(10)28(37)38/h1-6H. The summed E-state index contributed by atoms with van der Waals surface area (Å²) in [6.45, 7) is 0. The minimum Gasteiger partial charge on any atom is -0.262 e. The molecule has 0 saturated carbocycles. The summed E-state index contributed by atoms with van der Waals surface area (Å²) in [6, 6.07) is -0.938. The van der Waals surface area contributed by atoms with Crippen molar-refractivity contribution in [1.29, 1.82) is 0 Å². The maximum atomic E-state index is 13.5. The molecular weight excluding hydrogens is 678 g/mol. The zero-order chi connectivity index (χ0) is 34.3. The SMILES string of the molecule is O=C(C(=O)N(c1ccc([N+](=O)[O-])cc1[N+](=O)[O-])S(=O)(=O)C(F)(F)F)N(c1ccc([N+](=O)[O-])cc1[N+](=O)[O-])S(=O)(=O)C(F)(F)F. The lowest BCUT2D eigenvalue weighted by Crippen LogP contribution is -2.55. The molecular formula is C16H6F6N6O14S2. The van der Waals surface area contributed by atoms with Gasteiger partial charge in [-0.2, -0.15) is 51.8 Å². The Bertz CT molecular complexity index is 1710. The number of nitrogens with zero attached hydrogens (tertiary/aromatic N) is 6.